The molecule has 2 aromatic rings. The highest BCUT2D eigenvalue weighted by atomic mass is 32.2. The summed E-state index contributed by atoms with van der Waals surface area (Å²) in [5.41, 5.74) is 1.42. The first-order valence-electron chi connectivity index (χ1n) is 13.3. The molecule has 1 heterocycles. The molecule has 0 saturated carbocycles. The summed E-state index contributed by atoms with van der Waals surface area (Å²) in [7, 11) is 1.58. The van der Waals surface area contributed by atoms with E-state index < -0.39 is 12.2 Å². The van der Waals surface area contributed by atoms with E-state index >= 15 is 0 Å². The lowest BCUT2D eigenvalue weighted by Gasteiger charge is -2.35. The van der Waals surface area contributed by atoms with Crippen LogP contribution < -0.4 is 20.3 Å². The number of ether oxygens (including phenoxy) is 3. The number of alkyl carbamates (subject to hydrolysis) is 2. The zero-order valence-electron chi connectivity index (χ0n) is 22.9. The third kappa shape index (κ3) is 8.71. The lowest BCUT2D eigenvalue weighted by atomic mass is 10.2. The summed E-state index contributed by atoms with van der Waals surface area (Å²) in [5.74, 6) is 0.622. The van der Waals surface area contributed by atoms with Gasteiger partial charge < -0.3 is 29.7 Å². The second-order valence-corrected chi connectivity index (χ2v) is 9.92. The zero-order valence-corrected chi connectivity index (χ0v) is 23.7. The quantitative estimate of drug-likeness (QED) is 0.300. The third-order valence-electron chi connectivity index (χ3n) is 5.98. The van der Waals surface area contributed by atoms with Gasteiger partial charge in [-0.1, -0.05) is 50.6 Å². The van der Waals surface area contributed by atoms with Gasteiger partial charge >= 0.3 is 18.2 Å². The van der Waals surface area contributed by atoms with E-state index in [-0.39, 0.29) is 32.3 Å². The minimum absolute atomic E-state index is 0.0123. The van der Waals surface area contributed by atoms with Crippen LogP contribution in [0.3, 0.4) is 0 Å². The van der Waals surface area contributed by atoms with Gasteiger partial charge in [0.05, 0.1) is 31.6 Å². The van der Waals surface area contributed by atoms with Gasteiger partial charge in [0.25, 0.3) is 0 Å². The van der Waals surface area contributed by atoms with Crippen LogP contribution in [0.2, 0.25) is 0 Å². The Morgan fingerprint density at radius 3 is 2.03 bits per heavy atom. The van der Waals surface area contributed by atoms with E-state index in [0.29, 0.717) is 24.5 Å². The average Bonchev–Trinajstić information content (AvgIpc) is 2.94. The number of unbranched alkanes of at least 4 members (excludes halogenated alkanes) is 2. The van der Waals surface area contributed by atoms with Crippen molar-refractivity contribution in [2.75, 3.05) is 51.4 Å². The number of rotatable bonds is 13. The van der Waals surface area contributed by atoms with Crippen LogP contribution in [0.15, 0.2) is 52.3 Å². The van der Waals surface area contributed by atoms with Crippen molar-refractivity contribution in [3.05, 3.63) is 42.5 Å². The van der Waals surface area contributed by atoms with Gasteiger partial charge in [0.2, 0.25) is 0 Å². The molecule has 39 heavy (non-hydrogen) atoms. The van der Waals surface area contributed by atoms with Crippen molar-refractivity contribution in [3.8, 4) is 5.75 Å². The number of urea groups is 1. The van der Waals surface area contributed by atoms with Crippen molar-refractivity contribution in [3.63, 3.8) is 0 Å². The number of benzene rings is 2. The Labute approximate surface area is 234 Å². The third-order valence-corrected chi connectivity index (χ3v) is 7.11. The Kier molecular flexibility index (Phi) is 12.1. The molecule has 212 valence electrons. The molecule has 10 nitrogen and oxygen atoms in total. The minimum atomic E-state index is -0.530. The molecule has 0 saturated heterocycles. The number of nitrogens with one attached hydrogen (secondary N) is 2. The SMILES string of the molecule is CCCCNC(=O)OCCN(CCOC(=O)NCCCC)C(=O)N1c2ccccc2Sc2ccc(OC)cc21. The van der Waals surface area contributed by atoms with Gasteiger partial charge in [0.1, 0.15) is 19.0 Å². The van der Waals surface area contributed by atoms with E-state index in [0.717, 1.165) is 41.2 Å². The van der Waals surface area contributed by atoms with Crippen molar-refractivity contribution in [2.24, 2.45) is 0 Å². The van der Waals surface area contributed by atoms with Gasteiger partial charge in [-0.05, 0) is 37.1 Å². The maximum Gasteiger partial charge on any atom is 0.407 e. The van der Waals surface area contributed by atoms with E-state index in [1.165, 1.54) is 4.90 Å². The predicted molar refractivity (Wildman–Crippen MR) is 151 cm³/mol. The molecule has 11 heteroatoms. The highest BCUT2D eigenvalue weighted by molar-refractivity contribution is 7.99. The van der Waals surface area contributed by atoms with Crippen LogP contribution in [0.1, 0.15) is 39.5 Å². The summed E-state index contributed by atoms with van der Waals surface area (Å²) in [4.78, 5) is 43.2. The van der Waals surface area contributed by atoms with E-state index in [1.54, 1.807) is 23.8 Å². The van der Waals surface area contributed by atoms with Gasteiger partial charge in [-0.3, -0.25) is 4.90 Å². The summed E-state index contributed by atoms with van der Waals surface area (Å²) in [6.07, 6.45) is 2.56. The Balaban J connectivity index is 1.78. The van der Waals surface area contributed by atoms with Gasteiger partial charge in [-0.25, -0.2) is 14.4 Å². The van der Waals surface area contributed by atoms with Gasteiger partial charge in [-0.2, -0.15) is 0 Å². The molecule has 2 N–H and O–H groups in total. The molecule has 0 unspecified atom stereocenters. The number of amides is 4. The molecule has 2 aromatic carbocycles. The fourth-order valence-corrected chi connectivity index (χ4v) is 4.88. The molecule has 0 aliphatic carbocycles. The molecule has 1 aliphatic heterocycles. The number of carbonyl (C=O) groups excluding carboxylic acids is 3. The first-order valence-corrected chi connectivity index (χ1v) is 14.1. The fraction of sp³-hybridized carbons (Fsp3) is 0.464. The van der Waals surface area contributed by atoms with Crippen LogP contribution in [0.4, 0.5) is 25.8 Å². The van der Waals surface area contributed by atoms with Crippen molar-refractivity contribution in [2.45, 2.75) is 49.3 Å². The number of hydrogen-bond acceptors (Lipinski definition) is 7. The van der Waals surface area contributed by atoms with Gasteiger partial charge in [0, 0.05) is 28.9 Å². The lowest BCUT2D eigenvalue weighted by Crippen LogP contribution is -2.45. The Bertz CT molecular complexity index is 1090. The number of carbonyl (C=O) groups is 3. The summed E-state index contributed by atoms with van der Waals surface area (Å²) < 4.78 is 16.1. The van der Waals surface area contributed by atoms with Crippen LogP contribution >= 0.6 is 11.8 Å². The van der Waals surface area contributed by atoms with Crippen molar-refractivity contribution in [1.29, 1.82) is 0 Å². The highest BCUT2D eigenvalue weighted by Crippen LogP contribution is 2.49. The van der Waals surface area contributed by atoms with Gasteiger partial charge in [-0.15, -0.1) is 0 Å². The molecule has 0 fully saturated rings. The molecule has 0 spiro atoms. The summed E-state index contributed by atoms with van der Waals surface area (Å²) >= 11 is 1.57. The minimum Gasteiger partial charge on any atom is -0.497 e. The van der Waals surface area contributed by atoms with Crippen LogP contribution in [0.5, 0.6) is 5.75 Å². The molecule has 0 bridgehead atoms. The number of fused-ring (bicyclic) bond motifs is 2. The second-order valence-electron chi connectivity index (χ2n) is 8.84. The standard InChI is InChI=1S/C28H38N4O6S/c1-4-6-14-29-26(33)37-18-16-31(17-19-38-27(34)30-15-7-5-2)28(35)32-22-10-8-9-11-24(22)39-25-13-12-21(36-3)20-23(25)32/h8-13,20H,4-7,14-19H2,1-3H3,(H,29,33)(H,30,34). The average molecular weight is 559 g/mol. The first-order chi connectivity index (χ1) is 19.0. The molecule has 3 rings (SSSR count). The number of nitrogens with zero attached hydrogens (tertiary/aromatic N) is 2. The maximum absolute atomic E-state index is 14.1. The zero-order chi connectivity index (χ0) is 28.0. The molecule has 4 amide bonds. The Morgan fingerprint density at radius 2 is 1.44 bits per heavy atom. The number of para-hydroxylation sites is 1. The van der Waals surface area contributed by atoms with Crippen LogP contribution in [0.25, 0.3) is 0 Å². The molecule has 0 aromatic heterocycles. The van der Waals surface area contributed by atoms with Crippen molar-refractivity contribution >= 4 is 41.4 Å². The smallest absolute Gasteiger partial charge is 0.407 e. The van der Waals surface area contributed by atoms with E-state index in [4.69, 9.17) is 14.2 Å². The van der Waals surface area contributed by atoms with Crippen molar-refractivity contribution < 1.29 is 28.6 Å². The first kappa shape index (κ1) is 29.9. The summed E-state index contributed by atoms with van der Waals surface area (Å²) in [6.45, 7) is 5.34. The summed E-state index contributed by atoms with van der Waals surface area (Å²) in [5, 5.41) is 5.40. The Hall–Kier alpha value is -3.60. The highest BCUT2D eigenvalue weighted by Gasteiger charge is 2.32. The number of anilines is 2. The predicted octanol–water partition coefficient (Wildman–Crippen LogP) is 5.77. The maximum atomic E-state index is 14.1. The monoisotopic (exact) mass is 558 g/mol. The van der Waals surface area contributed by atoms with Gasteiger partial charge in [0.15, 0.2) is 0 Å². The molecule has 0 radical (unpaired) electrons. The van der Waals surface area contributed by atoms with E-state index in [1.807, 2.05) is 56.3 Å². The van der Waals surface area contributed by atoms with Crippen LogP contribution in [0, 0.1) is 0 Å². The largest absolute Gasteiger partial charge is 0.497 e. The molecular weight excluding hydrogens is 520 g/mol. The summed E-state index contributed by atoms with van der Waals surface area (Å²) in [6, 6.07) is 12.9. The van der Waals surface area contributed by atoms with Crippen molar-refractivity contribution in [1.82, 2.24) is 15.5 Å². The van der Waals surface area contributed by atoms with Crippen LogP contribution in [-0.4, -0.2) is 69.6 Å². The normalized spacial score (nSPS) is 11.6. The topological polar surface area (TPSA) is 109 Å². The second kappa shape index (κ2) is 15.7. The lowest BCUT2D eigenvalue weighted by molar-refractivity contribution is 0.114. The van der Waals surface area contributed by atoms with E-state index in [9.17, 15) is 14.4 Å². The molecular formula is C28H38N4O6S. The number of hydrogen-bond donors (Lipinski definition) is 2. The molecule has 0 atom stereocenters. The Morgan fingerprint density at radius 1 is 0.846 bits per heavy atom. The van der Waals surface area contributed by atoms with Crippen LogP contribution in [-0.2, 0) is 9.47 Å². The molecule has 1 aliphatic rings. The number of methoxy groups -OCH3 is 1. The fourth-order valence-electron chi connectivity index (χ4n) is 3.85. The van der Waals surface area contributed by atoms with E-state index in [2.05, 4.69) is 10.6 Å².